The summed E-state index contributed by atoms with van der Waals surface area (Å²) in [5.41, 5.74) is 3.52. The molecule has 0 saturated heterocycles. The van der Waals surface area contributed by atoms with Crippen molar-refractivity contribution in [3.05, 3.63) is 76.9 Å². The van der Waals surface area contributed by atoms with Gasteiger partial charge >= 0.3 is 5.97 Å². The van der Waals surface area contributed by atoms with Crippen molar-refractivity contribution in [2.75, 3.05) is 0 Å². The Morgan fingerprint density at radius 1 is 1.21 bits per heavy atom. The van der Waals surface area contributed by atoms with Crippen molar-refractivity contribution in [1.29, 1.82) is 0 Å². The van der Waals surface area contributed by atoms with Crippen molar-refractivity contribution in [2.24, 2.45) is 0 Å². The van der Waals surface area contributed by atoms with E-state index in [9.17, 15) is 9.18 Å². The summed E-state index contributed by atoms with van der Waals surface area (Å²) in [5.74, 6) is -0.204. The van der Waals surface area contributed by atoms with Crippen LogP contribution in [0.1, 0.15) is 17.0 Å². The molecule has 0 unspecified atom stereocenters. The second-order valence-corrected chi connectivity index (χ2v) is 7.17. The van der Waals surface area contributed by atoms with E-state index in [1.54, 1.807) is 24.5 Å². The molecule has 29 heavy (non-hydrogen) atoms. The third kappa shape index (κ3) is 4.38. The lowest BCUT2D eigenvalue weighted by molar-refractivity contribution is -0.144. The maximum absolute atomic E-state index is 13.1. The quantitative estimate of drug-likeness (QED) is 0.433. The molecule has 3 heterocycles. The molecule has 0 aliphatic carbocycles. The normalized spacial score (nSPS) is 10.8. The van der Waals surface area contributed by atoms with E-state index in [0.29, 0.717) is 22.7 Å². The number of thiazole rings is 1. The molecule has 1 aromatic carbocycles. The largest absolute Gasteiger partial charge is 0.459 e. The minimum absolute atomic E-state index is 0.00500. The SMILES string of the molecule is Cc1c(COC(=O)Cc2csc(-c3cccnc3)n2)noc1-c1ccc(F)cc1. The summed E-state index contributed by atoms with van der Waals surface area (Å²) in [6, 6.07) is 9.68. The maximum Gasteiger partial charge on any atom is 0.312 e. The van der Waals surface area contributed by atoms with Crippen LogP contribution in [0.25, 0.3) is 21.9 Å². The molecule has 0 atom stereocenters. The van der Waals surface area contributed by atoms with Crippen LogP contribution in [0.4, 0.5) is 4.39 Å². The number of esters is 1. The van der Waals surface area contributed by atoms with Crippen LogP contribution >= 0.6 is 11.3 Å². The van der Waals surface area contributed by atoms with Crippen molar-refractivity contribution in [3.8, 4) is 21.9 Å². The highest BCUT2D eigenvalue weighted by Gasteiger charge is 2.16. The Bertz CT molecular complexity index is 1120. The van der Waals surface area contributed by atoms with Gasteiger partial charge in [-0.1, -0.05) is 5.16 Å². The number of rotatable bonds is 6. The van der Waals surface area contributed by atoms with Gasteiger partial charge in [0.25, 0.3) is 0 Å². The first-order chi connectivity index (χ1) is 14.1. The van der Waals surface area contributed by atoms with E-state index < -0.39 is 5.97 Å². The Morgan fingerprint density at radius 3 is 2.79 bits per heavy atom. The highest BCUT2D eigenvalue weighted by atomic mass is 32.1. The van der Waals surface area contributed by atoms with Crippen molar-refractivity contribution in [3.63, 3.8) is 0 Å². The minimum atomic E-state index is -0.404. The number of hydrogen-bond acceptors (Lipinski definition) is 7. The van der Waals surface area contributed by atoms with Gasteiger partial charge in [-0.25, -0.2) is 9.37 Å². The van der Waals surface area contributed by atoms with Crippen LogP contribution in [-0.4, -0.2) is 21.1 Å². The van der Waals surface area contributed by atoms with Crippen LogP contribution < -0.4 is 0 Å². The molecule has 0 amide bonds. The van der Waals surface area contributed by atoms with Crippen molar-refractivity contribution >= 4 is 17.3 Å². The van der Waals surface area contributed by atoms with Gasteiger partial charge in [-0.3, -0.25) is 9.78 Å². The molecule has 4 aromatic rings. The molecular formula is C21H16FN3O3S. The fraction of sp³-hybridized carbons (Fsp3) is 0.143. The van der Waals surface area contributed by atoms with E-state index >= 15 is 0 Å². The second kappa shape index (κ2) is 8.32. The lowest BCUT2D eigenvalue weighted by atomic mass is 10.1. The first-order valence-electron chi connectivity index (χ1n) is 8.81. The van der Waals surface area contributed by atoms with Gasteiger partial charge in [0, 0.05) is 34.5 Å². The van der Waals surface area contributed by atoms with Gasteiger partial charge in [0.2, 0.25) is 0 Å². The fourth-order valence-electron chi connectivity index (χ4n) is 2.73. The number of halogens is 1. The zero-order valence-corrected chi connectivity index (χ0v) is 16.3. The monoisotopic (exact) mass is 409 g/mol. The third-order valence-corrected chi connectivity index (χ3v) is 5.22. The molecular weight excluding hydrogens is 393 g/mol. The van der Waals surface area contributed by atoms with Crippen LogP contribution in [0.5, 0.6) is 0 Å². The number of pyridine rings is 1. The van der Waals surface area contributed by atoms with Crippen LogP contribution in [0.3, 0.4) is 0 Å². The van der Waals surface area contributed by atoms with Gasteiger partial charge in [0.1, 0.15) is 23.1 Å². The Hall–Kier alpha value is -3.39. The Labute approximate surface area is 170 Å². The molecule has 0 spiro atoms. The topological polar surface area (TPSA) is 78.1 Å². The molecule has 6 nitrogen and oxygen atoms in total. The smallest absolute Gasteiger partial charge is 0.312 e. The predicted octanol–water partition coefficient (Wildman–Crippen LogP) is 4.59. The summed E-state index contributed by atoms with van der Waals surface area (Å²) in [7, 11) is 0. The molecule has 0 aliphatic rings. The lowest BCUT2D eigenvalue weighted by Gasteiger charge is -2.02. The number of aromatic nitrogens is 3. The molecule has 0 bridgehead atoms. The first kappa shape index (κ1) is 18.9. The van der Waals surface area contributed by atoms with E-state index in [0.717, 1.165) is 16.1 Å². The average molecular weight is 409 g/mol. The van der Waals surface area contributed by atoms with Crippen molar-refractivity contribution < 1.29 is 18.4 Å². The Balaban J connectivity index is 1.37. The van der Waals surface area contributed by atoms with Crippen LogP contribution in [0, 0.1) is 12.7 Å². The lowest BCUT2D eigenvalue weighted by Crippen LogP contribution is -2.09. The molecule has 0 fully saturated rings. The molecule has 3 aromatic heterocycles. The number of benzene rings is 1. The van der Waals surface area contributed by atoms with Gasteiger partial charge < -0.3 is 9.26 Å². The van der Waals surface area contributed by atoms with E-state index in [-0.39, 0.29) is 18.8 Å². The number of nitrogens with zero attached hydrogens (tertiary/aromatic N) is 3. The van der Waals surface area contributed by atoms with Crippen molar-refractivity contribution in [2.45, 2.75) is 20.0 Å². The molecule has 8 heteroatoms. The maximum atomic E-state index is 13.1. The summed E-state index contributed by atoms with van der Waals surface area (Å²) >= 11 is 1.45. The molecule has 4 rings (SSSR count). The van der Waals surface area contributed by atoms with Gasteiger partial charge in [-0.2, -0.15) is 0 Å². The van der Waals surface area contributed by atoms with Crippen LogP contribution in [-0.2, 0) is 22.6 Å². The van der Waals surface area contributed by atoms with E-state index in [4.69, 9.17) is 9.26 Å². The highest BCUT2D eigenvalue weighted by Crippen LogP contribution is 2.26. The van der Waals surface area contributed by atoms with E-state index in [1.807, 2.05) is 24.4 Å². The third-order valence-electron chi connectivity index (χ3n) is 4.28. The predicted molar refractivity (Wildman–Crippen MR) is 105 cm³/mol. The van der Waals surface area contributed by atoms with Crippen molar-refractivity contribution in [1.82, 2.24) is 15.1 Å². The zero-order chi connectivity index (χ0) is 20.2. The molecule has 0 saturated carbocycles. The Kier molecular flexibility index (Phi) is 5.44. The second-order valence-electron chi connectivity index (χ2n) is 6.31. The number of ether oxygens (including phenoxy) is 1. The van der Waals surface area contributed by atoms with Gasteiger partial charge in [0.05, 0.1) is 12.1 Å². The summed E-state index contributed by atoms with van der Waals surface area (Å²) < 4.78 is 23.8. The standard InChI is InChI=1S/C21H16FN3O3S/c1-13-18(25-28-20(13)14-4-6-16(22)7-5-14)11-27-19(26)9-17-12-29-21(24-17)15-3-2-8-23-10-15/h2-8,10,12H,9,11H2,1H3. The first-order valence-corrected chi connectivity index (χ1v) is 9.69. The Morgan fingerprint density at radius 2 is 2.03 bits per heavy atom. The summed E-state index contributed by atoms with van der Waals surface area (Å²) in [5, 5.41) is 6.60. The van der Waals surface area contributed by atoms with E-state index in [1.165, 1.54) is 23.5 Å². The molecule has 0 N–H and O–H groups in total. The summed E-state index contributed by atoms with van der Waals surface area (Å²) in [4.78, 5) is 20.7. The molecule has 0 aliphatic heterocycles. The van der Waals surface area contributed by atoms with Crippen LogP contribution in [0.15, 0.2) is 58.7 Å². The van der Waals surface area contributed by atoms with Crippen LogP contribution in [0.2, 0.25) is 0 Å². The summed E-state index contributed by atoms with van der Waals surface area (Å²) in [6.45, 7) is 1.81. The number of carbonyl (C=O) groups excluding carboxylic acids is 1. The van der Waals surface area contributed by atoms with Gasteiger partial charge in [0.15, 0.2) is 5.76 Å². The summed E-state index contributed by atoms with van der Waals surface area (Å²) in [6.07, 6.45) is 3.49. The molecule has 0 radical (unpaired) electrons. The fourth-order valence-corrected chi connectivity index (χ4v) is 3.54. The highest BCUT2D eigenvalue weighted by molar-refractivity contribution is 7.13. The molecule has 146 valence electrons. The van der Waals surface area contributed by atoms with E-state index in [2.05, 4.69) is 15.1 Å². The van der Waals surface area contributed by atoms with Gasteiger partial charge in [-0.15, -0.1) is 11.3 Å². The minimum Gasteiger partial charge on any atom is -0.459 e. The number of hydrogen-bond donors (Lipinski definition) is 0. The van der Waals surface area contributed by atoms with Gasteiger partial charge in [-0.05, 0) is 43.3 Å². The number of carbonyl (C=O) groups is 1. The average Bonchev–Trinajstić information content (AvgIpc) is 3.35. The zero-order valence-electron chi connectivity index (χ0n) is 15.5.